The molecule has 3 N–H and O–H groups in total. The Labute approximate surface area is 112 Å². The molecule has 0 fully saturated rings. The summed E-state index contributed by atoms with van der Waals surface area (Å²) >= 11 is 0. The van der Waals surface area contributed by atoms with Crippen LogP contribution in [0.25, 0.3) is 0 Å². The van der Waals surface area contributed by atoms with E-state index in [9.17, 15) is 0 Å². The van der Waals surface area contributed by atoms with E-state index < -0.39 is 0 Å². The van der Waals surface area contributed by atoms with Crippen LogP contribution in [0.2, 0.25) is 0 Å². The first-order valence-electron chi connectivity index (χ1n) is 6.62. The number of hydrogen-bond donors (Lipinski definition) is 2. The summed E-state index contributed by atoms with van der Waals surface area (Å²) in [6.07, 6.45) is 10.3. The van der Waals surface area contributed by atoms with Gasteiger partial charge >= 0.3 is 0 Å². The molecule has 0 aliphatic carbocycles. The van der Waals surface area contributed by atoms with Crippen molar-refractivity contribution in [1.82, 2.24) is 5.32 Å². The Morgan fingerprint density at radius 1 is 1.11 bits per heavy atom. The highest BCUT2D eigenvalue weighted by atomic mass is 14.9. The standard InChI is InChI=1S/C16H28N2/c1-7-14(6)18-11-16(17)15(10-13(4)5)9-8-12(2)3/h7-13,18H,17H2,1-6H3/b9-8-,14-7-,15-10+,16-11-. The van der Waals surface area contributed by atoms with Gasteiger partial charge in [-0.2, -0.15) is 0 Å². The van der Waals surface area contributed by atoms with Crippen LogP contribution in [0.4, 0.5) is 0 Å². The maximum absolute atomic E-state index is 6.11. The molecule has 18 heavy (non-hydrogen) atoms. The van der Waals surface area contributed by atoms with Gasteiger partial charge in [0.2, 0.25) is 0 Å². The normalized spacial score (nSPS) is 15.0. The highest BCUT2D eigenvalue weighted by Gasteiger charge is 1.99. The van der Waals surface area contributed by atoms with Crippen molar-refractivity contribution in [3.8, 4) is 0 Å². The Morgan fingerprint density at radius 2 is 1.72 bits per heavy atom. The largest absolute Gasteiger partial charge is 0.397 e. The fourth-order valence-electron chi connectivity index (χ4n) is 1.26. The van der Waals surface area contributed by atoms with Gasteiger partial charge in [-0.05, 0) is 31.3 Å². The Hall–Kier alpha value is -1.44. The van der Waals surface area contributed by atoms with Gasteiger partial charge in [0.15, 0.2) is 0 Å². The highest BCUT2D eigenvalue weighted by molar-refractivity contribution is 5.38. The molecule has 0 aromatic heterocycles. The summed E-state index contributed by atoms with van der Waals surface area (Å²) in [5.41, 5.74) is 9.04. The van der Waals surface area contributed by atoms with E-state index >= 15 is 0 Å². The average molecular weight is 248 g/mol. The van der Waals surface area contributed by atoms with Crippen molar-refractivity contribution in [2.24, 2.45) is 17.6 Å². The lowest BCUT2D eigenvalue weighted by atomic mass is 10.0. The molecule has 2 nitrogen and oxygen atoms in total. The zero-order valence-electron chi connectivity index (χ0n) is 12.6. The van der Waals surface area contributed by atoms with Crippen LogP contribution in [0.5, 0.6) is 0 Å². The van der Waals surface area contributed by atoms with Crippen LogP contribution in [0.1, 0.15) is 41.5 Å². The number of nitrogens with one attached hydrogen (secondary N) is 1. The number of hydrogen-bond acceptors (Lipinski definition) is 2. The van der Waals surface area contributed by atoms with Crippen LogP contribution in [-0.2, 0) is 0 Å². The van der Waals surface area contributed by atoms with Crippen molar-refractivity contribution < 1.29 is 0 Å². The quantitative estimate of drug-likeness (QED) is 0.695. The molecule has 0 spiro atoms. The molecule has 0 aliphatic heterocycles. The Bertz CT molecular complexity index is 355. The second-order valence-corrected chi connectivity index (χ2v) is 5.18. The van der Waals surface area contributed by atoms with Crippen molar-refractivity contribution in [3.05, 3.63) is 47.5 Å². The molecular weight excluding hydrogens is 220 g/mol. The van der Waals surface area contributed by atoms with Crippen molar-refractivity contribution in [1.29, 1.82) is 0 Å². The molecule has 0 rings (SSSR count). The minimum absolute atomic E-state index is 0.478. The molecule has 0 bridgehead atoms. The van der Waals surface area contributed by atoms with E-state index in [1.807, 2.05) is 26.1 Å². The molecule has 2 heteroatoms. The van der Waals surface area contributed by atoms with Crippen LogP contribution >= 0.6 is 0 Å². The fourth-order valence-corrected chi connectivity index (χ4v) is 1.26. The molecule has 0 saturated carbocycles. The first-order valence-corrected chi connectivity index (χ1v) is 6.62. The van der Waals surface area contributed by atoms with Crippen LogP contribution in [0, 0.1) is 11.8 Å². The van der Waals surface area contributed by atoms with E-state index in [0.29, 0.717) is 11.8 Å². The molecule has 0 radical (unpaired) electrons. The van der Waals surface area contributed by atoms with E-state index in [0.717, 1.165) is 17.0 Å². The van der Waals surface area contributed by atoms with Crippen molar-refractivity contribution in [2.45, 2.75) is 41.5 Å². The number of rotatable bonds is 6. The smallest absolute Gasteiger partial charge is 0.0547 e. The molecule has 0 aromatic carbocycles. The first kappa shape index (κ1) is 16.6. The van der Waals surface area contributed by atoms with Crippen LogP contribution in [0.15, 0.2) is 47.5 Å². The topological polar surface area (TPSA) is 38.0 Å². The maximum atomic E-state index is 6.11. The summed E-state index contributed by atoms with van der Waals surface area (Å²) in [7, 11) is 0. The lowest BCUT2D eigenvalue weighted by Crippen LogP contribution is -2.09. The highest BCUT2D eigenvalue weighted by Crippen LogP contribution is 2.11. The Morgan fingerprint density at radius 3 is 2.17 bits per heavy atom. The summed E-state index contributed by atoms with van der Waals surface area (Å²) in [5.74, 6) is 1.00. The zero-order valence-corrected chi connectivity index (χ0v) is 12.6. The minimum atomic E-state index is 0.478. The van der Waals surface area contributed by atoms with Gasteiger partial charge in [0, 0.05) is 11.9 Å². The molecule has 0 atom stereocenters. The summed E-state index contributed by atoms with van der Waals surface area (Å²) in [4.78, 5) is 0. The third-order valence-electron chi connectivity index (χ3n) is 2.40. The van der Waals surface area contributed by atoms with Crippen LogP contribution in [-0.4, -0.2) is 0 Å². The van der Waals surface area contributed by atoms with Gasteiger partial charge in [-0.3, -0.25) is 0 Å². The summed E-state index contributed by atoms with van der Waals surface area (Å²) in [6, 6.07) is 0. The molecule has 102 valence electrons. The predicted molar refractivity (Wildman–Crippen MR) is 81.7 cm³/mol. The summed E-state index contributed by atoms with van der Waals surface area (Å²) < 4.78 is 0. The van der Waals surface area contributed by atoms with Gasteiger partial charge in [-0.25, -0.2) is 0 Å². The number of nitrogens with two attached hydrogens (primary N) is 1. The van der Waals surface area contributed by atoms with E-state index in [4.69, 9.17) is 5.73 Å². The van der Waals surface area contributed by atoms with E-state index in [2.05, 4.69) is 51.2 Å². The first-order chi connectivity index (χ1) is 8.36. The van der Waals surface area contributed by atoms with Gasteiger partial charge in [-0.15, -0.1) is 0 Å². The monoisotopic (exact) mass is 248 g/mol. The fraction of sp³-hybridized carbons (Fsp3) is 0.500. The van der Waals surface area contributed by atoms with Crippen molar-refractivity contribution in [3.63, 3.8) is 0 Å². The SMILES string of the molecule is C/C=C(/C)N/C=C(N)/C(/C=C\C(C)C)=C/C(C)C. The molecular formula is C16H28N2. The van der Waals surface area contributed by atoms with Crippen molar-refractivity contribution >= 4 is 0 Å². The van der Waals surface area contributed by atoms with Crippen LogP contribution in [0.3, 0.4) is 0 Å². The third-order valence-corrected chi connectivity index (χ3v) is 2.40. The predicted octanol–water partition coefficient (Wildman–Crippen LogP) is 4.09. The molecule has 0 aromatic rings. The second kappa shape index (κ2) is 8.62. The van der Waals surface area contributed by atoms with Gasteiger partial charge < -0.3 is 11.1 Å². The van der Waals surface area contributed by atoms with Gasteiger partial charge in [0.25, 0.3) is 0 Å². The number of allylic oxidation sites excluding steroid dienone is 5. The molecule has 0 unspecified atom stereocenters. The lowest BCUT2D eigenvalue weighted by Gasteiger charge is -2.08. The zero-order chi connectivity index (χ0) is 14.1. The van der Waals surface area contributed by atoms with Gasteiger partial charge in [-0.1, -0.05) is 52.0 Å². The third kappa shape index (κ3) is 7.77. The van der Waals surface area contributed by atoms with E-state index in [1.165, 1.54) is 0 Å². The second-order valence-electron chi connectivity index (χ2n) is 5.18. The molecule has 0 saturated heterocycles. The van der Waals surface area contributed by atoms with E-state index in [1.54, 1.807) is 0 Å². The lowest BCUT2D eigenvalue weighted by molar-refractivity contribution is 0.818. The van der Waals surface area contributed by atoms with Crippen LogP contribution < -0.4 is 11.1 Å². The average Bonchev–Trinajstić information content (AvgIpc) is 2.30. The molecule has 0 aliphatic rings. The van der Waals surface area contributed by atoms with Crippen molar-refractivity contribution in [2.75, 3.05) is 0 Å². The maximum Gasteiger partial charge on any atom is 0.0547 e. The summed E-state index contributed by atoms with van der Waals surface area (Å²) in [5, 5.41) is 3.17. The molecule has 0 heterocycles. The van der Waals surface area contributed by atoms with Gasteiger partial charge in [0.05, 0.1) is 5.70 Å². The Kier molecular flexibility index (Phi) is 7.93. The summed E-state index contributed by atoms with van der Waals surface area (Å²) in [6.45, 7) is 12.6. The van der Waals surface area contributed by atoms with E-state index in [-0.39, 0.29) is 0 Å². The van der Waals surface area contributed by atoms with Gasteiger partial charge in [0.1, 0.15) is 0 Å². The molecule has 0 amide bonds. The minimum Gasteiger partial charge on any atom is -0.397 e. The Balaban J connectivity index is 4.97.